The van der Waals surface area contributed by atoms with Gasteiger partial charge < -0.3 is 15.5 Å². The van der Waals surface area contributed by atoms with Gasteiger partial charge in [0.1, 0.15) is 11.5 Å². The van der Waals surface area contributed by atoms with Crippen LogP contribution in [0.25, 0.3) is 11.3 Å². The molecular weight excluding hydrogens is 264 g/mol. The van der Waals surface area contributed by atoms with E-state index in [1.807, 2.05) is 43.3 Å². The van der Waals surface area contributed by atoms with Gasteiger partial charge in [0.05, 0.1) is 0 Å². The summed E-state index contributed by atoms with van der Waals surface area (Å²) in [6.07, 6.45) is 2.83. The van der Waals surface area contributed by atoms with E-state index in [4.69, 9.17) is 10.2 Å². The van der Waals surface area contributed by atoms with E-state index in [2.05, 4.69) is 5.32 Å². The first-order chi connectivity index (χ1) is 10.1. The van der Waals surface area contributed by atoms with Crippen LogP contribution >= 0.6 is 0 Å². The number of nitrogens with one attached hydrogen (secondary N) is 1. The van der Waals surface area contributed by atoms with E-state index < -0.39 is 0 Å². The van der Waals surface area contributed by atoms with Crippen molar-refractivity contribution in [2.75, 3.05) is 0 Å². The highest BCUT2D eigenvalue weighted by Gasteiger charge is 2.23. The van der Waals surface area contributed by atoms with Crippen molar-refractivity contribution in [3.05, 3.63) is 47.7 Å². The average molecular weight is 284 g/mol. The molecular formula is C17H20N2O2. The number of amides is 1. The number of carbonyl (C=O) groups is 1. The summed E-state index contributed by atoms with van der Waals surface area (Å²) in [7, 11) is 0. The van der Waals surface area contributed by atoms with Crippen LogP contribution in [0.3, 0.4) is 0 Å². The largest absolute Gasteiger partial charge is 0.461 e. The van der Waals surface area contributed by atoms with Crippen molar-refractivity contribution in [2.24, 2.45) is 5.73 Å². The Kier molecular flexibility index (Phi) is 3.80. The van der Waals surface area contributed by atoms with Crippen LogP contribution in [-0.4, -0.2) is 18.0 Å². The van der Waals surface area contributed by atoms with Crippen molar-refractivity contribution < 1.29 is 9.21 Å². The fraction of sp³-hybridized carbons (Fsp3) is 0.353. The van der Waals surface area contributed by atoms with E-state index in [1.165, 1.54) is 0 Å². The summed E-state index contributed by atoms with van der Waals surface area (Å²) in [5.41, 5.74) is 7.51. The molecule has 21 heavy (non-hydrogen) atoms. The Hall–Kier alpha value is -2.07. The maximum Gasteiger partial charge on any atom is 0.251 e. The van der Waals surface area contributed by atoms with Gasteiger partial charge in [-0.05, 0) is 50.5 Å². The number of rotatable bonds is 3. The van der Waals surface area contributed by atoms with Crippen molar-refractivity contribution in [3.8, 4) is 11.3 Å². The van der Waals surface area contributed by atoms with Crippen LogP contribution in [-0.2, 0) is 0 Å². The maximum absolute atomic E-state index is 12.2. The lowest BCUT2D eigenvalue weighted by Crippen LogP contribution is -2.33. The first-order valence-corrected chi connectivity index (χ1v) is 7.35. The van der Waals surface area contributed by atoms with E-state index in [9.17, 15) is 4.79 Å². The van der Waals surface area contributed by atoms with Crippen LogP contribution in [0.15, 0.2) is 40.8 Å². The predicted molar refractivity (Wildman–Crippen MR) is 82.0 cm³/mol. The van der Waals surface area contributed by atoms with Crippen molar-refractivity contribution in [1.29, 1.82) is 0 Å². The molecule has 1 amide bonds. The zero-order valence-corrected chi connectivity index (χ0v) is 12.1. The smallest absolute Gasteiger partial charge is 0.251 e. The zero-order chi connectivity index (χ0) is 14.8. The Balaban J connectivity index is 1.67. The molecule has 4 nitrogen and oxygen atoms in total. The van der Waals surface area contributed by atoms with E-state index in [0.717, 1.165) is 36.3 Å². The summed E-state index contributed by atoms with van der Waals surface area (Å²) < 4.78 is 5.57. The Labute approximate surface area is 124 Å². The van der Waals surface area contributed by atoms with E-state index in [-0.39, 0.29) is 18.0 Å². The van der Waals surface area contributed by atoms with E-state index in [1.54, 1.807) is 0 Å². The summed E-state index contributed by atoms with van der Waals surface area (Å²) in [5.74, 6) is 1.67. The number of furan rings is 1. The second-order valence-electron chi connectivity index (χ2n) is 5.73. The summed E-state index contributed by atoms with van der Waals surface area (Å²) in [6.45, 7) is 1.91. The molecule has 0 bridgehead atoms. The number of hydrogen-bond acceptors (Lipinski definition) is 3. The topological polar surface area (TPSA) is 68.3 Å². The quantitative estimate of drug-likeness (QED) is 0.910. The highest BCUT2D eigenvalue weighted by atomic mass is 16.3. The van der Waals surface area contributed by atoms with Gasteiger partial charge in [-0.2, -0.15) is 0 Å². The molecule has 1 heterocycles. The molecule has 1 saturated carbocycles. The monoisotopic (exact) mass is 284 g/mol. The van der Waals surface area contributed by atoms with Gasteiger partial charge in [-0.1, -0.05) is 12.1 Å². The molecule has 1 fully saturated rings. The van der Waals surface area contributed by atoms with Crippen LogP contribution in [0.2, 0.25) is 0 Å². The number of hydrogen-bond donors (Lipinski definition) is 2. The lowest BCUT2D eigenvalue weighted by Gasteiger charge is -2.12. The molecule has 110 valence electrons. The Morgan fingerprint density at radius 1 is 1.19 bits per heavy atom. The third-order valence-corrected chi connectivity index (χ3v) is 3.98. The van der Waals surface area contributed by atoms with Crippen molar-refractivity contribution in [3.63, 3.8) is 0 Å². The molecule has 4 heteroatoms. The average Bonchev–Trinajstić information content (AvgIpc) is 3.08. The minimum atomic E-state index is -0.0312. The highest BCUT2D eigenvalue weighted by molar-refractivity contribution is 5.94. The van der Waals surface area contributed by atoms with Crippen LogP contribution in [0.4, 0.5) is 0 Å². The number of carbonyl (C=O) groups excluding carboxylic acids is 1. The van der Waals surface area contributed by atoms with Crippen LogP contribution < -0.4 is 11.1 Å². The normalized spacial score (nSPS) is 21.4. The van der Waals surface area contributed by atoms with Crippen molar-refractivity contribution in [2.45, 2.75) is 38.3 Å². The van der Waals surface area contributed by atoms with Gasteiger partial charge in [-0.3, -0.25) is 4.79 Å². The minimum Gasteiger partial charge on any atom is -0.461 e. The van der Waals surface area contributed by atoms with Crippen molar-refractivity contribution >= 4 is 5.91 Å². The minimum absolute atomic E-state index is 0.0312. The van der Waals surface area contributed by atoms with Gasteiger partial charge in [0.25, 0.3) is 5.91 Å². The molecule has 0 radical (unpaired) electrons. The van der Waals surface area contributed by atoms with Crippen molar-refractivity contribution in [1.82, 2.24) is 5.32 Å². The Bertz CT molecular complexity index is 630. The molecule has 1 aromatic heterocycles. The predicted octanol–water partition coefficient (Wildman–Crippen LogP) is 2.86. The van der Waals surface area contributed by atoms with Gasteiger partial charge in [0.15, 0.2) is 0 Å². The van der Waals surface area contributed by atoms with Crippen LogP contribution in [0.1, 0.15) is 35.4 Å². The SMILES string of the molecule is Cc1ccc(-c2ccc(C(=O)N[C@H]3CC[C@@H](N)C3)cc2)o1. The fourth-order valence-corrected chi connectivity index (χ4v) is 2.79. The third kappa shape index (κ3) is 3.16. The zero-order valence-electron chi connectivity index (χ0n) is 12.1. The molecule has 3 rings (SSSR count). The van der Waals surface area contributed by atoms with Crippen LogP contribution in [0.5, 0.6) is 0 Å². The lowest BCUT2D eigenvalue weighted by molar-refractivity contribution is 0.0937. The standard InChI is InChI=1S/C17H20N2O2/c1-11-2-9-16(21-11)12-3-5-13(6-4-12)17(20)19-15-8-7-14(18)10-15/h2-6,9,14-15H,7-8,10,18H2,1H3,(H,19,20)/t14-,15+/m1/s1. The third-order valence-electron chi connectivity index (χ3n) is 3.98. The van der Waals surface area contributed by atoms with E-state index in [0.29, 0.717) is 5.56 Å². The molecule has 3 N–H and O–H groups in total. The number of nitrogens with two attached hydrogens (primary N) is 1. The summed E-state index contributed by atoms with van der Waals surface area (Å²) >= 11 is 0. The fourth-order valence-electron chi connectivity index (χ4n) is 2.79. The van der Waals surface area contributed by atoms with Gasteiger partial charge in [0.2, 0.25) is 0 Å². The molecule has 1 aliphatic rings. The molecule has 0 saturated heterocycles. The summed E-state index contributed by atoms with van der Waals surface area (Å²) in [5, 5.41) is 3.05. The molecule has 2 aromatic rings. The van der Waals surface area contributed by atoms with Gasteiger partial charge >= 0.3 is 0 Å². The first-order valence-electron chi connectivity index (χ1n) is 7.35. The molecule has 1 aliphatic carbocycles. The Morgan fingerprint density at radius 3 is 2.52 bits per heavy atom. The number of benzene rings is 1. The molecule has 2 atom stereocenters. The Morgan fingerprint density at radius 2 is 1.95 bits per heavy atom. The summed E-state index contributed by atoms with van der Waals surface area (Å²) in [4.78, 5) is 12.2. The van der Waals surface area contributed by atoms with E-state index >= 15 is 0 Å². The van der Waals surface area contributed by atoms with Gasteiger partial charge in [-0.15, -0.1) is 0 Å². The molecule has 0 spiro atoms. The number of aryl methyl sites for hydroxylation is 1. The van der Waals surface area contributed by atoms with Crippen LogP contribution in [0, 0.1) is 6.92 Å². The molecule has 0 aliphatic heterocycles. The molecule has 0 unspecified atom stereocenters. The lowest BCUT2D eigenvalue weighted by atomic mass is 10.1. The second-order valence-corrected chi connectivity index (χ2v) is 5.73. The van der Waals surface area contributed by atoms with Gasteiger partial charge in [0, 0.05) is 23.2 Å². The molecule has 1 aromatic carbocycles. The van der Waals surface area contributed by atoms with Gasteiger partial charge in [-0.25, -0.2) is 0 Å². The maximum atomic E-state index is 12.2. The second kappa shape index (κ2) is 5.74. The first kappa shape index (κ1) is 13.9. The highest BCUT2D eigenvalue weighted by Crippen LogP contribution is 2.22. The summed E-state index contributed by atoms with van der Waals surface area (Å²) in [6, 6.07) is 11.8.